The van der Waals surface area contributed by atoms with E-state index in [0.717, 1.165) is 16.5 Å². The average Bonchev–Trinajstić information content (AvgIpc) is 2.26. The Balaban J connectivity index is 2.03. The number of hydrogen-bond acceptors (Lipinski definition) is 1. The highest BCUT2D eigenvalue weighted by Crippen LogP contribution is 2.17. The molecular formula is C16H17BrFN. The van der Waals surface area contributed by atoms with Crippen LogP contribution in [0.15, 0.2) is 46.9 Å². The minimum Gasteiger partial charge on any atom is -0.327 e. The highest BCUT2D eigenvalue weighted by atomic mass is 79.9. The summed E-state index contributed by atoms with van der Waals surface area (Å²) in [4.78, 5) is 0. The Hall–Kier alpha value is -1.19. The van der Waals surface area contributed by atoms with Crippen LogP contribution < -0.4 is 5.73 Å². The second-order valence-electron chi connectivity index (χ2n) is 4.94. The van der Waals surface area contributed by atoms with E-state index in [4.69, 9.17) is 5.73 Å². The smallest absolute Gasteiger partial charge is 0.124 e. The molecule has 0 saturated carbocycles. The first-order valence-corrected chi connectivity index (χ1v) is 7.08. The zero-order valence-electron chi connectivity index (χ0n) is 10.9. The molecule has 0 heterocycles. The Morgan fingerprint density at radius 2 is 1.84 bits per heavy atom. The molecule has 0 aliphatic carbocycles. The summed E-state index contributed by atoms with van der Waals surface area (Å²) in [5, 5.41) is 0. The van der Waals surface area contributed by atoms with Gasteiger partial charge in [-0.25, -0.2) is 4.39 Å². The van der Waals surface area contributed by atoms with Crippen LogP contribution in [0.1, 0.15) is 16.7 Å². The molecule has 0 aromatic heterocycles. The molecule has 1 unspecified atom stereocenters. The van der Waals surface area contributed by atoms with Gasteiger partial charge in [-0.1, -0.05) is 45.8 Å². The topological polar surface area (TPSA) is 26.0 Å². The Labute approximate surface area is 121 Å². The molecule has 0 aliphatic heterocycles. The Bertz CT molecular complexity index is 548. The van der Waals surface area contributed by atoms with Crippen LogP contribution >= 0.6 is 15.9 Å². The monoisotopic (exact) mass is 321 g/mol. The van der Waals surface area contributed by atoms with Gasteiger partial charge in [-0.3, -0.25) is 0 Å². The summed E-state index contributed by atoms with van der Waals surface area (Å²) in [5.41, 5.74) is 9.53. The number of aryl methyl sites for hydroxylation is 1. The lowest BCUT2D eigenvalue weighted by molar-refractivity contribution is 0.617. The van der Waals surface area contributed by atoms with Crippen molar-refractivity contribution in [3.8, 4) is 0 Å². The van der Waals surface area contributed by atoms with Crippen molar-refractivity contribution in [3.63, 3.8) is 0 Å². The zero-order chi connectivity index (χ0) is 13.8. The Morgan fingerprint density at radius 3 is 2.53 bits per heavy atom. The van der Waals surface area contributed by atoms with Crippen molar-refractivity contribution in [2.45, 2.75) is 25.8 Å². The summed E-state index contributed by atoms with van der Waals surface area (Å²) in [5.74, 6) is -0.230. The zero-order valence-corrected chi connectivity index (χ0v) is 12.5. The predicted molar refractivity (Wildman–Crippen MR) is 80.7 cm³/mol. The minimum atomic E-state index is -0.230. The van der Waals surface area contributed by atoms with Crippen molar-refractivity contribution >= 4 is 15.9 Å². The third-order valence-corrected chi connectivity index (χ3v) is 3.46. The first-order chi connectivity index (χ1) is 9.02. The third-order valence-electron chi connectivity index (χ3n) is 3.00. The molecule has 19 heavy (non-hydrogen) atoms. The van der Waals surface area contributed by atoms with Crippen molar-refractivity contribution < 1.29 is 4.39 Å². The van der Waals surface area contributed by atoms with Gasteiger partial charge >= 0.3 is 0 Å². The van der Waals surface area contributed by atoms with E-state index < -0.39 is 0 Å². The number of halogens is 2. The summed E-state index contributed by atoms with van der Waals surface area (Å²) in [6.07, 6.45) is 1.47. The second-order valence-corrected chi connectivity index (χ2v) is 5.85. The molecule has 0 aliphatic rings. The maximum Gasteiger partial charge on any atom is 0.124 e. The molecule has 0 bridgehead atoms. The van der Waals surface area contributed by atoms with E-state index in [2.05, 4.69) is 41.1 Å². The van der Waals surface area contributed by atoms with Gasteiger partial charge in [0, 0.05) is 10.5 Å². The molecular weight excluding hydrogens is 305 g/mol. The SMILES string of the molecule is Cc1cccc(CC(N)Cc2cc(F)cc(Br)c2)c1. The van der Waals surface area contributed by atoms with Crippen LogP contribution in [-0.2, 0) is 12.8 Å². The maximum absolute atomic E-state index is 13.3. The molecule has 1 atom stereocenters. The van der Waals surface area contributed by atoms with Gasteiger partial charge in [0.25, 0.3) is 0 Å². The highest BCUT2D eigenvalue weighted by Gasteiger charge is 2.07. The van der Waals surface area contributed by atoms with Gasteiger partial charge in [0.1, 0.15) is 5.82 Å². The molecule has 0 saturated heterocycles. The van der Waals surface area contributed by atoms with E-state index in [1.165, 1.54) is 17.2 Å². The van der Waals surface area contributed by atoms with Crippen LogP contribution in [0.4, 0.5) is 4.39 Å². The fourth-order valence-electron chi connectivity index (χ4n) is 2.25. The van der Waals surface area contributed by atoms with Gasteiger partial charge < -0.3 is 5.73 Å². The second kappa shape index (κ2) is 6.31. The molecule has 3 heteroatoms. The Kier molecular flexibility index (Phi) is 4.72. The van der Waals surface area contributed by atoms with Gasteiger partial charge in [0.15, 0.2) is 0 Å². The summed E-state index contributed by atoms with van der Waals surface area (Å²) in [6.45, 7) is 2.07. The van der Waals surface area contributed by atoms with E-state index in [-0.39, 0.29) is 11.9 Å². The fraction of sp³-hybridized carbons (Fsp3) is 0.250. The number of benzene rings is 2. The molecule has 0 fully saturated rings. The lowest BCUT2D eigenvalue weighted by Crippen LogP contribution is -2.25. The van der Waals surface area contributed by atoms with Crippen molar-refractivity contribution in [2.24, 2.45) is 5.73 Å². The number of hydrogen-bond donors (Lipinski definition) is 1. The predicted octanol–water partition coefficient (Wildman–Crippen LogP) is 4.01. The number of nitrogens with two attached hydrogens (primary N) is 1. The van der Waals surface area contributed by atoms with E-state index in [1.807, 2.05) is 12.1 Å². The lowest BCUT2D eigenvalue weighted by Gasteiger charge is -2.12. The van der Waals surface area contributed by atoms with E-state index in [1.54, 1.807) is 6.07 Å². The molecule has 100 valence electrons. The standard InChI is InChI=1S/C16H17BrFN/c1-11-3-2-4-12(5-11)8-16(19)9-13-6-14(17)10-15(18)7-13/h2-7,10,16H,8-9,19H2,1H3. The van der Waals surface area contributed by atoms with Gasteiger partial charge in [0.05, 0.1) is 0 Å². The van der Waals surface area contributed by atoms with Crippen LogP contribution in [0.2, 0.25) is 0 Å². The molecule has 1 nitrogen and oxygen atoms in total. The van der Waals surface area contributed by atoms with Gasteiger partial charge in [-0.2, -0.15) is 0 Å². The molecule has 0 spiro atoms. The largest absolute Gasteiger partial charge is 0.327 e. The molecule has 2 rings (SSSR count). The van der Waals surface area contributed by atoms with Crippen LogP contribution in [0.3, 0.4) is 0 Å². The maximum atomic E-state index is 13.3. The summed E-state index contributed by atoms with van der Waals surface area (Å²) in [7, 11) is 0. The minimum absolute atomic E-state index is 0.00417. The normalized spacial score (nSPS) is 12.4. The Morgan fingerprint density at radius 1 is 1.11 bits per heavy atom. The summed E-state index contributed by atoms with van der Waals surface area (Å²) in [6, 6.07) is 13.2. The van der Waals surface area contributed by atoms with Crippen LogP contribution in [0.25, 0.3) is 0 Å². The van der Waals surface area contributed by atoms with E-state index in [0.29, 0.717) is 6.42 Å². The van der Waals surface area contributed by atoms with E-state index in [9.17, 15) is 4.39 Å². The highest BCUT2D eigenvalue weighted by molar-refractivity contribution is 9.10. The summed E-state index contributed by atoms with van der Waals surface area (Å²) >= 11 is 3.30. The first-order valence-electron chi connectivity index (χ1n) is 6.29. The molecule has 0 amide bonds. The number of rotatable bonds is 4. The van der Waals surface area contributed by atoms with Gasteiger partial charge in [0.2, 0.25) is 0 Å². The molecule has 2 aromatic carbocycles. The van der Waals surface area contributed by atoms with Gasteiger partial charge in [-0.05, 0) is 49.1 Å². The molecule has 2 aromatic rings. The van der Waals surface area contributed by atoms with Crippen molar-refractivity contribution in [1.82, 2.24) is 0 Å². The average molecular weight is 322 g/mol. The third kappa shape index (κ3) is 4.44. The lowest BCUT2D eigenvalue weighted by atomic mass is 9.99. The van der Waals surface area contributed by atoms with Crippen LogP contribution in [0, 0.1) is 12.7 Å². The van der Waals surface area contributed by atoms with E-state index >= 15 is 0 Å². The van der Waals surface area contributed by atoms with Gasteiger partial charge in [-0.15, -0.1) is 0 Å². The van der Waals surface area contributed by atoms with Crippen LogP contribution in [0.5, 0.6) is 0 Å². The van der Waals surface area contributed by atoms with Crippen molar-refractivity contribution in [1.29, 1.82) is 0 Å². The first kappa shape index (κ1) is 14.2. The quantitative estimate of drug-likeness (QED) is 0.904. The van der Waals surface area contributed by atoms with Crippen molar-refractivity contribution in [2.75, 3.05) is 0 Å². The molecule has 0 radical (unpaired) electrons. The summed E-state index contributed by atoms with van der Waals surface area (Å²) < 4.78 is 14.0. The van der Waals surface area contributed by atoms with Crippen molar-refractivity contribution in [3.05, 3.63) is 69.4 Å². The van der Waals surface area contributed by atoms with Crippen LogP contribution in [-0.4, -0.2) is 6.04 Å². The molecule has 2 N–H and O–H groups in total. The fourth-order valence-corrected chi connectivity index (χ4v) is 2.76.